The van der Waals surface area contributed by atoms with Crippen LogP contribution in [0.1, 0.15) is 10.4 Å². The van der Waals surface area contributed by atoms with E-state index in [1.807, 2.05) is 0 Å². The van der Waals surface area contributed by atoms with Crippen LogP contribution in [0.15, 0.2) is 16.6 Å². The summed E-state index contributed by atoms with van der Waals surface area (Å²) < 4.78 is 13.2. The van der Waals surface area contributed by atoms with Crippen LogP contribution < -0.4 is 0 Å². The van der Waals surface area contributed by atoms with E-state index in [1.54, 1.807) is 0 Å². The van der Waals surface area contributed by atoms with Crippen molar-refractivity contribution in [1.82, 2.24) is 0 Å². The summed E-state index contributed by atoms with van der Waals surface area (Å²) in [5, 5.41) is 9.13. The minimum Gasteiger partial charge on any atom is -0.507 e. The van der Waals surface area contributed by atoms with E-state index in [9.17, 15) is 9.18 Å². The molecule has 5 heteroatoms. The quantitative estimate of drug-likeness (QED) is 0.673. The van der Waals surface area contributed by atoms with Gasteiger partial charge in [-0.2, -0.15) is 0 Å². The molecule has 0 saturated heterocycles. The molecular formula is C8H5Br2FO2. The maximum absolute atomic E-state index is 13.3. The summed E-state index contributed by atoms with van der Waals surface area (Å²) in [7, 11) is 0. The molecule has 0 aliphatic rings. The van der Waals surface area contributed by atoms with Crippen molar-refractivity contribution in [2.75, 3.05) is 5.33 Å². The van der Waals surface area contributed by atoms with Crippen LogP contribution in [-0.4, -0.2) is 16.2 Å². The molecule has 0 aliphatic heterocycles. The predicted molar refractivity (Wildman–Crippen MR) is 53.9 cm³/mol. The first-order chi connectivity index (χ1) is 6.07. The largest absolute Gasteiger partial charge is 0.507 e. The fourth-order valence-corrected chi connectivity index (χ4v) is 1.47. The Morgan fingerprint density at radius 3 is 2.69 bits per heavy atom. The predicted octanol–water partition coefficient (Wildman–Crippen LogP) is 2.87. The Labute approximate surface area is 91.0 Å². The Balaban J connectivity index is 3.26. The molecule has 2 nitrogen and oxygen atoms in total. The summed E-state index contributed by atoms with van der Waals surface area (Å²) >= 11 is 5.77. The number of carbonyl (C=O) groups excluding carboxylic acids is 1. The first-order valence-corrected chi connectivity index (χ1v) is 5.25. The van der Waals surface area contributed by atoms with Crippen molar-refractivity contribution < 1.29 is 14.3 Å². The molecule has 1 rings (SSSR count). The van der Waals surface area contributed by atoms with Gasteiger partial charge in [-0.1, -0.05) is 15.9 Å². The van der Waals surface area contributed by atoms with Gasteiger partial charge in [0.2, 0.25) is 0 Å². The average molecular weight is 312 g/mol. The summed E-state index contributed by atoms with van der Waals surface area (Å²) in [5.74, 6) is -1.31. The first kappa shape index (κ1) is 10.7. The van der Waals surface area contributed by atoms with Crippen molar-refractivity contribution in [3.8, 4) is 5.75 Å². The molecule has 1 aromatic carbocycles. The van der Waals surface area contributed by atoms with Crippen LogP contribution in [0, 0.1) is 5.82 Å². The molecule has 0 heterocycles. The third kappa shape index (κ3) is 2.08. The monoisotopic (exact) mass is 310 g/mol. The van der Waals surface area contributed by atoms with Crippen molar-refractivity contribution in [1.29, 1.82) is 0 Å². The van der Waals surface area contributed by atoms with E-state index in [1.165, 1.54) is 12.1 Å². The molecule has 0 aromatic heterocycles. The van der Waals surface area contributed by atoms with Crippen LogP contribution in [-0.2, 0) is 0 Å². The molecule has 0 amide bonds. The van der Waals surface area contributed by atoms with Gasteiger partial charge in [-0.3, -0.25) is 4.79 Å². The van der Waals surface area contributed by atoms with Crippen molar-refractivity contribution in [3.63, 3.8) is 0 Å². The molecule has 0 atom stereocenters. The topological polar surface area (TPSA) is 37.3 Å². The summed E-state index contributed by atoms with van der Waals surface area (Å²) in [6.07, 6.45) is 0. The number of hydrogen-bond acceptors (Lipinski definition) is 2. The Bertz CT molecular complexity index is 352. The third-order valence-electron chi connectivity index (χ3n) is 1.48. The first-order valence-electron chi connectivity index (χ1n) is 3.34. The van der Waals surface area contributed by atoms with Crippen molar-refractivity contribution in [2.24, 2.45) is 0 Å². The highest BCUT2D eigenvalue weighted by molar-refractivity contribution is 9.10. The number of alkyl halides is 1. The summed E-state index contributed by atoms with van der Waals surface area (Å²) in [4.78, 5) is 11.1. The second-order valence-electron chi connectivity index (χ2n) is 2.32. The van der Waals surface area contributed by atoms with E-state index in [4.69, 9.17) is 5.11 Å². The highest BCUT2D eigenvalue weighted by Gasteiger charge is 2.15. The number of carbonyl (C=O) groups is 1. The normalized spacial score (nSPS) is 10.1. The van der Waals surface area contributed by atoms with Gasteiger partial charge in [-0.25, -0.2) is 4.39 Å². The van der Waals surface area contributed by atoms with Gasteiger partial charge in [0.1, 0.15) is 5.75 Å². The molecule has 0 aliphatic carbocycles. The molecule has 0 bridgehead atoms. The highest BCUT2D eigenvalue weighted by atomic mass is 79.9. The molecule has 0 radical (unpaired) electrons. The van der Waals surface area contributed by atoms with Gasteiger partial charge >= 0.3 is 0 Å². The number of phenols is 1. The number of aromatic hydroxyl groups is 1. The lowest BCUT2D eigenvalue weighted by Gasteiger charge is -2.03. The molecule has 0 fully saturated rings. The van der Waals surface area contributed by atoms with Crippen molar-refractivity contribution in [3.05, 3.63) is 28.0 Å². The molecule has 1 N–H and O–H groups in total. The lowest BCUT2D eigenvalue weighted by Crippen LogP contribution is -2.03. The van der Waals surface area contributed by atoms with Crippen molar-refractivity contribution in [2.45, 2.75) is 0 Å². The van der Waals surface area contributed by atoms with E-state index in [0.717, 1.165) is 0 Å². The van der Waals surface area contributed by atoms with Crippen LogP contribution >= 0.6 is 31.9 Å². The van der Waals surface area contributed by atoms with Crippen LogP contribution in [0.3, 0.4) is 0 Å². The maximum atomic E-state index is 13.3. The number of benzene rings is 1. The Morgan fingerprint density at radius 2 is 2.15 bits per heavy atom. The smallest absolute Gasteiger partial charge is 0.176 e. The van der Waals surface area contributed by atoms with E-state index in [0.29, 0.717) is 0 Å². The van der Waals surface area contributed by atoms with Gasteiger partial charge in [-0.05, 0) is 28.1 Å². The maximum Gasteiger partial charge on any atom is 0.176 e. The number of halogens is 3. The third-order valence-corrected chi connectivity index (χ3v) is 2.75. The van der Waals surface area contributed by atoms with E-state index >= 15 is 0 Å². The van der Waals surface area contributed by atoms with Gasteiger partial charge in [0.25, 0.3) is 0 Å². The van der Waals surface area contributed by atoms with Gasteiger partial charge < -0.3 is 5.11 Å². The Kier molecular flexibility index (Phi) is 3.44. The number of phenolic OH excluding ortho intramolecular Hbond substituents is 1. The Morgan fingerprint density at radius 1 is 1.54 bits per heavy atom. The summed E-state index contributed by atoms with van der Waals surface area (Å²) in [5.41, 5.74) is -0.0402. The number of hydrogen-bond donors (Lipinski definition) is 1. The van der Waals surface area contributed by atoms with Crippen LogP contribution in [0.5, 0.6) is 5.75 Å². The summed E-state index contributed by atoms with van der Waals surface area (Å²) in [6, 6.07) is 2.52. The fourth-order valence-electron chi connectivity index (χ4n) is 0.827. The van der Waals surface area contributed by atoms with Gasteiger partial charge in [0.15, 0.2) is 11.6 Å². The molecular weight excluding hydrogens is 307 g/mol. The molecule has 0 unspecified atom stereocenters. The van der Waals surface area contributed by atoms with Crippen molar-refractivity contribution >= 4 is 37.6 Å². The molecule has 70 valence electrons. The number of ketones is 1. The number of Topliss-reactive ketones (excluding diaryl/α,β-unsaturated/α-hetero) is 1. The number of rotatable bonds is 2. The van der Waals surface area contributed by atoms with Crippen LogP contribution in [0.25, 0.3) is 0 Å². The lowest BCUT2D eigenvalue weighted by molar-refractivity contribution is 0.102. The van der Waals surface area contributed by atoms with E-state index in [-0.39, 0.29) is 26.9 Å². The fraction of sp³-hybridized carbons (Fsp3) is 0.125. The SMILES string of the molecule is O=C(CBr)c1ccc(O)c(Br)c1F. The second kappa shape index (κ2) is 4.19. The van der Waals surface area contributed by atoms with Crippen LogP contribution in [0.2, 0.25) is 0 Å². The zero-order valence-corrected chi connectivity index (χ0v) is 9.52. The van der Waals surface area contributed by atoms with E-state index in [2.05, 4.69) is 31.9 Å². The van der Waals surface area contributed by atoms with Gasteiger partial charge in [0, 0.05) is 0 Å². The second-order valence-corrected chi connectivity index (χ2v) is 3.67. The zero-order valence-electron chi connectivity index (χ0n) is 6.35. The minimum atomic E-state index is -0.732. The molecule has 0 spiro atoms. The van der Waals surface area contributed by atoms with Gasteiger partial charge in [-0.15, -0.1) is 0 Å². The molecule has 0 saturated carbocycles. The molecule has 1 aromatic rings. The standard InChI is InChI=1S/C8H5Br2FO2/c9-3-6(13)4-1-2-5(12)7(10)8(4)11/h1-2,12H,3H2. The van der Waals surface area contributed by atoms with Crippen LogP contribution in [0.4, 0.5) is 4.39 Å². The Hall–Kier alpha value is -0.420. The minimum absolute atomic E-state index is 0.0402. The highest BCUT2D eigenvalue weighted by Crippen LogP contribution is 2.28. The average Bonchev–Trinajstić information content (AvgIpc) is 2.13. The summed E-state index contributed by atoms with van der Waals surface area (Å²) in [6.45, 7) is 0. The van der Waals surface area contributed by atoms with E-state index < -0.39 is 5.82 Å². The zero-order chi connectivity index (χ0) is 10.0. The molecule has 13 heavy (non-hydrogen) atoms. The lowest BCUT2D eigenvalue weighted by atomic mass is 10.1. The van der Waals surface area contributed by atoms with Gasteiger partial charge in [0.05, 0.1) is 15.4 Å².